The first kappa shape index (κ1) is 15.2. The van der Waals surface area contributed by atoms with Gasteiger partial charge in [0, 0.05) is 17.5 Å². The van der Waals surface area contributed by atoms with Crippen molar-refractivity contribution in [1.82, 2.24) is 0 Å². The van der Waals surface area contributed by atoms with Gasteiger partial charge in [0.25, 0.3) is 0 Å². The molecule has 102 valence electrons. The molecule has 0 saturated carbocycles. The van der Waals surface area contributed by atoms with E-state index in [2.05, 4.69) is 0 Å². The number of nitrogen functional groups attached to an aromatic ring is 1. The Morgan fingerprint density at radius 3 is 1.89 bits per heavy atom. The molecule has 0 heterocycles. The summed E-state index contributed by atoms with van der Waals surface area (Å²) < 4.78 is 22.6. The highest BCUT2D eigenvalue weighted by Gasteiger charge is 2.07. The van der Waals surface area contributed by atoms with Crippen molar-refractivity contribution >= 4 is 15.5 Å². The molecule has 0 aliphatic rings. The van der Waals surface area contributed by atoms with Crippen molar-refractivity contribution in [3.05, 3.63) is 48.5 Å². The summed E-state index contributed by atoms with van der Waals surface area (Å²) in [7, 11) is -3.14. The van der Waals surface area contributed by atoms with Gasteiger partial charge >= 0.3 is 0 Å². The first-order chi connectivity index (χ1) is 8.98. The number of hydrogen-bond acceptors (Lipinski definition) is 3. The second-order valence-electron chi connectivity index (χ2n) is 3.88. The number of para-hydroxylation sites is 1. The Kier molecular flexibility index (Phi) is 5.12. The molecule has 19 heavy (non-hydrogen) atoms. The molecule has 0 aliphatic carbocycles. The molecule has 0 amide bonds. The highest BCUT2D eigenvalue weighted by molar-refractivity contribution is 7.90. The van der Waals surface area contributed by atoms with E-state index in [-0.39, 0.29) is 0 Å². The van der Waals surface area contributed by atoms with Gasteiger partial charge in [0.05, 0.1) is 4.90 Å². The minimum Gasteiger partial charge on any atom is -0.398 e. The standard InChI is InChI=1S/C13H13NO2S.C2H6/c1-17(15,16)11-8-6-10(7-9-11)12-4-2-3-5-13(12)14;1-2/h2-9H,14H2,1H3;1-2H3. The lowest BCUT2D eigenvalue weighted by molar-refractivity contribution is 0.602. The van der Waals surface area contributed by atoms with Gasteiger partial charge in [-0.2, -0.15) is 0 Å². The van der Waals surface area contributed by atoms with Crippen LogP contribution in [0.2, 0.25) is 0 Å². The van der Waals surface area contributed by atoms with E-state index in [0.717, 1.165) is 11.1 Å². The maximum atomic E-state index is 11.3. The van der Waals surface area contributed by atoms with E-state index in [1.165, 1.54) is 6.26 Å². The number of sulfone groups is 1. The normalized spacial score (nSPS) is 10.5. The van der Waals surface area contributed by atoms with Crippen molar-refractivity contribution in [2.75, 3.05) is 12.0 Å². The summed E-state index contributed by atoms with van der Waals surface area (Å²) in [6, 6.07) is 14.2. The van der Waals surface area contributed by atoms with E-state index >= 15 is 0 Å². The Labute approximate surface area is 115 Å². The second-order valence-corrected chi connectivity index (χ2v) is 5.90. The first-order valence-corrected chi connectivity index (χ1v) is 8.02. The molecule has 0 aromatic heterocycles. The molecule has 0 radical (unpaired) electrons. The zero-order valence-electron chi connectivity index (χ0n) is 11.4. The number of benzene rings is 2. The zero-order valence-corrected chi connectivity index (χ0v) is 12.2. The molecular formula is C15H19NO2S. The van der Waals surface area contributed by atoms with Crippen LogP contribution in [0, 0.1) is 0 Å². The van der Waals surface area contributed by atoms with Gasteiger partial charge in [-0.3, -0.25) is 0 Å². The van der Waals surface area contributed by atoms with Crippen LogP contribution in [0.3, 0.4) is 0 Å². The average Bonchev–Trinajstić information content (AvgIpc) is 2.41. The van der Waals surface area contributed by atoms with Crippen LogP contribution in [0.4, 0.5) is 5.69 Å². The molecule has 0 unspecified atom stereocenters. The smallest absolute Gasteiger partial charge is 0.175 e. The SMILES string of the molecule is CC.CS(=O)(=O)c1ccc(-c2ccccc2N)cc1. The van der Waals surface area contributed by atoms with Crippen LogP contribution in [0.5, 0.6) is 0 Å². The van der Waals surface area contributed by atoms with E-state index < -0.39 is 9.84 Å². The van der Waals surface area contributed by atoms with Gasteiger partial charge in [-0.1, -0.05) is 44.2 Å². The van der Waals surface area contributed by atoms with Gasteiger partial charge < -0.3 is 5.73 Å². The summed E-state index contributed by atoms with van der Waals surface area (Å²) in [5, 5.41) is 0. The minimum atomic E-state index is -3.14. The number of hydrogen-bond donors (Lipinski definition) is 1. The van der Waals surface area contributed by atoms with Gasteiger partial charge in [0.2, 0.25) is 0 Å². The number of nitrogens with two attached hydrogens (primary N) is 1. The minimum absolute atomic E-state index is 0.316. The van der Waals surface area contributed by atoms with Gasteiger partial charge in [-0.05, 0) is 23.8 Å². The fourth-order valence-corrected chi connectivity index (χ4v) is 2.27. The molecule has 2 rings (SSSR count). The quantitative estimate of drug-likeness (QED) is 0.856. The Balaban J connectivity index is 0.000000861. The first-order valence-electron chi connectivity index (χ1n) is 6.13. The number of rotatable bonds is 2. The molecule has 0 atom stereocenters. The predicted octanol–water partition coefficient (Wildman–Crippen LogP) is 3.37. The third kappa shape index (κ3) is 3.83. The van der Waals surface area contributed by atoms with Crippen LogP contribution in [0.25, 0.3) is 11.1 Å². The molecule has 2 N–H and O–H groups in total. The zero-order chi connectivity index (χ0) is 14.5. The lowest BCUT2D eigenvalue weighted by atomic mass is 10.0. The predicted molar refractivity (Wildman–Crippen MR) is 80.7 cm³/mol. The van der Waals surface area contributed by atoms with E-state index in [9.17, 15) is 8.42 Å². The fraction of sp³-hybridized carbons (Fsp3) is 0.200. The molecule has 2 aromatic carbocycles. The molecular weight excluding hydrogens is 258 g/mol. The molecule has 0 fully saturated rings. The van der Waals surface area contributed by atoms with Gasteiger partial charge in [0.1, 0.15) is 0 Å². The second kappa shape index (κ2) is 6.38. The average molecular weight is 277 g/mol. The molecule has 0 bridgehead atoms. The molecule has 3 nitrogen and oxygen atoms in total. The van der Waals surface area contributed by atoms with Crippen LogP contribution in [-0.2, 0) is 9.84 Å². The highest BCUT2D eigenvalue weighted by Crippen LogP contribution is 2.26. The van der Waals surface area contributed by atoms with Crippen molar-refractivity contribution in [3.8, 4) is 11.1 Å². The third-order valence-electron chi connectivity index (χ3n) is 2.55. The summed E-state index contributed by atoms with van der Waals surface area (Å²) in [6.45, 7) is 4.00. The van der Waals surface area contributed by atoms with E-state index in [1.807, 2.05) is 38.1 Å². The summed E-state index contributed by atoms with van der Waals surface area (Å²) >= 11 is 0. The molecule has 0 spiro atoms. The molecule has 0 aliphatic heterocycles. The van der Waals surface area contributed by atoms with E-state index in [4.69, 9.17) is 5.73 Å². The number of anilines is 1. The van der Waals surface area contributed by atoms with E-state index in [0.29, 0.717) is 10.6 Å². The Hall–Kier alpha value is -1.81. The van der Waals surface area contributed by atoms with Gasteiger partial charge in [0.15, 0.2) is 9.84 Å². The summed E-state index contributed by atoms with van der Waals surface area (Å²) in [4.78, 5) is 0.316. The Morgan fingerprint density at radius 2 is 1.42 bits per heavy atom. The van der Waals surface area contributed by atoms with Crippen molar-refractivity contribution in [2.45, 2.75) is 18.7 Å². The van der Waals surface area contributed by atoms with Crippen molar-refractivity contribution in [2.24, 2.45) is 0 Å². The van der Waals surface area contributed by atoms with Crippen LogP contribution in [-0.4, -0.2) is 14.7 Å². The maximum Gasteiger partial charge on any atom is 0.175 e. The van der Waals surface area contributed by atoms with Crippen molar-refractivity contribution in [3.63, 3.8) is 0 Å². The molecule has 2 aromatic rings. The van der Waals surface area contributed by atoms with Gasteiger partial charge in [-0.25, -0.2) is 8.42 Å². The highest BCUT2D eigenvalue weighted by atomic mass is 32.2. The van der Waals surface area contributed by atoms with Crippen LogP contribution >= 0.6 is 0 Å². The lowest BCUT2D eigenvalue weighted by Gasteiger charge is -2.06. The van der Waals surface area contributed by atoms with Crippen LogP contribution in [0.15, 0.2) is 53.4 Å². The largest absolute Gasteiger partial charge is 0.398 e. The fourth-order valence-electron chi connectivity index (χ4n) is 1.64. The van der Waals surface area contributed by atoms with Gasteiger partial charge in [-0.15, -0.1) is 0 Å². The van der Waals surface area contributed by atoms with Crippen LogP contribution < -0.4 is 5.73 Å². The monoisotopic (exact) mass is 277 g/mol. The Bertz CT molecular complexity index is 631. The molecule has 0 saturated heterocycles. The maximum absolute atomic E-state index is 11.3. The summed E-state index contributed by atoms with van der Waals surface area (Å²) in [5.74, 6) is 0. The summed E-state index contributed by atoms with van der Waals surface area (Å²) in [5.41, 5.74) is 8.36. The van der Waals surface area contributed by atoms with Crippen LogP contribution in [0.1, 0.15) is 13.8 Å². The lowest BCUT2D eigenvalue weighted by Crippen LogP contribution is -1.96. The van der Waals surface area contributed by atoms with E-state index in [1.54, 1.807) is 24.3 Å². The topological polar surface area (TPSA) is 60.2 Å². The summed E-state index contributed by atoms with van der Waals surface area (Å²) in [6.07, 6.45) is 1.19. The molecule has 4 heteroatoms. The van der Waals surface area contributed by atoms with Crippen molar-refractivity contribution < 1.29 is 8.42 Å². The Morgan fingerprint density at radius 1 is 0.895 bits per heavy atom. The van der Waals surface area contributed by atoms with Crippen molar-refractivity contribution in [1.29, 1.82) is 0 Å². The third-order valence-corrected chi connectivity index (χ3v) is 3.68.